The van der Waals surface area contributed by atoms with E-state index >= 15 is 0 Å². The topological polar surface area (TPSA) is 90.2 Å². The van der Waals surface area contributed by atoms with Gasteiger partial charge in [0.15, 0.2) is 0 Å². The highest BCUT2D eigenvalue weighted by Gasteiger charge is 2.27. The summed E-state index contributed by atoms with van der Waals surface area (Å²) in [5, 5.41) is 21.8. The lowest BCUT2D eigenvalue weighted by Crippen LogP contribution is -2.48. The van der Waals surface area contributed by atoms with E-state index in [-0.39, 0.29) is 22.3 Å². The summed E-state index contributed by atoms with van der Waals surface area (Å²) in [4.78, 5) is 30.3. The predicted molar refractivity (Wildman–Crippen MR) is 120 cm³/mol. The Morgan fingerprint density at radius 1 is 0.839 bits per heavy atom. The van der Waals surface area contributed by atoms with Crippen molar-refractivity contribution in [1.82, 2.24) is 4.90 Å². The lowest BCUT2D eigenvalue weighted by molar-refractivity contribution is -0.384. The number of nitro groups is 1. The molecule has 0 atom stereocenters. The molecule has 2 aromatic rings. The first-order valence-electron chi connectivity index (χ1n) is 10.9. The number of hydrogen-bond acceptors (Lipinski definition) is 6. The number of nitro benzene ring substituents is 1. The van der Waals surface area contributed by atoms with Crippen LogP contribution >= 0.6 is 0 Å². The molecule has 0 spiro atoms. The van der Waals surface area contributed by atoms with E-state index in [4.69, 9.17) is 0 Å². The van der Waals surface area contributed by atoms with Crippen molar-refractivity contribution in [3.05, 3.63) is 58.1 Å². The van der Waals surface area contributed by atoms with E-state index in [1.54, 1.807) is 29.2 Å². The van der Waals surface area contributed by atoms with Crippen LogP contribution in [0.1, 0.15) is 36.0 Å². The third-order valence-electron chi connectivity index (χ3n) is 6.16. The lowest BCUT2D eigenvalue weighted by Gasteiger charge is -2.36. The number of aromatic hydroxyl groups is 1. The van der Waals surface area contributed by atoms with Crippen molar-refractivity contribution in [1.29, 1.82) is 0 Å². The number of phenols is 1. The first kappa shape index (κ1) is 21.0. The van der Waals surface area contributed by atoms with Crippen LogP contribution in [0, 0.1) is 10.1 Å². The van der Waals surface area contributed by atoms with Gasteiger partial charge in [0.2, 0.25) is 0 Å². The number of piperazine rings is 1. The van der Waals surface area contributed by atoms with Crippen molar-refractivity contribution >= 4 is 23.0 Å². The number of carbonyl (C=O) groups is 1. The van der Waals surface area contributed by atoms with Crippen molar-refractivity contribution in [2.45, 2.75) is 25.7 Å². The van der Waals surface area contributed by atoms with Gasteiger partial charge >= 0.3 is 0 Å². The number of anilines is 2. The molecule has 1 N–H and O–H groups in total. The Morgan fingerprint density at radius 3 is 2.13 bits per heavy atom. The van der Waals surface area contributed by atoms with Crippen LogP contribution in [0.25, 0.3) is 0 Å². The fraction of sp³-hybridized carbons (Fsp3) is 0.435. The lowest BCUT2D eigenvalue weighted by atomic mass is 10.1. The maximum absolute atomic E-state index is 13.0. The molecule has 0 saturated carbocycles. The van der Waals surface area contributed by atoms with Crippen molar-refractivity contribution in [3.63, 3.8) is 0 Å². The van der Waals surface area contributed by atoms with Crippen LogP contribution in [0.4, 0.5) is 17.1 Å². The van der Waals surface area contributed by atoms with E-state index in [0.29, 0.717) is 37.4 Å². The van der Waals surface area contributed by atoms with E-state index in [0.717, 1.165) is 44.5 Å². The molecule has 164 valence electrons. The molecular weight excluding hydrogens is 396 g/mol. The monoisotopic (exact) mass is 424 g/mol. The highest BCUT2D eigenvalue weighted by Crippen LogP contribution is 2.32. The number of hydrogen-bond donors (Lipinski definition) is 1. The fourth-order valence-corrected chi connectivity index (χ4v) is 4.45. The highest BCUT2D eigenvalue weighted by atomic mass is 16.6. The summed E-state index contributed by atoms with van der Waals surface area (Å²) < 4.78 is 0. The van der Waals surface area contributed by atoms with Crippen LogP contribution in [-0.4, -0.2) is 60.1 Å². The Kier molecular flexibility index (Phi) is 6.25. The average molecular weight is 425 g/mol. The Labute approximate surface area is 181 Å². The van der Waals surface area contributed by atoms with Gasteiger partial charge in [-0.3, -0.25) is 14.9 Å². The maximum Gasteiger partial charge on any atom is 0.293 e. The number of para-hydroxylation sites is 2. The molecule has 2 fully saturated rings. The van der Waals surface area contributed by atoms with E-state index < -0.39 is 0 Å². The second-order valence-corrected chi connectivity index (χ2v) is 8.13. The van der Waals surface area contributed by atoms with Gasteiger partial charge < -0.3 is 19.8 Å². The van der Waals surface area contributed by atoms with Crippen molar-refractivity contribution < 1.29 is 14.8 Å². The minimum Gasteiger partial charge on any atom is -0.506 e. The van der Waals surface area contributed by atoms with Gasteiger partial charge in [0.05, 0.1) is 10.6 Å². The summed E-state index contributed by atoms with van der Waals surface area (Å²) >= 11 is 0. The first-order chi connectivity index (χ1) is 15.0. The van der Waals surface area contributed by atoms with Crippen LogP contribution in [0.2, 0.25) is 0 Å². The van der Waals surface area contributed by atoms with Gasteiger partial charge in [-0.05, 0) is 37.1 Å². The molecule has 0 unspecified atom stereocenters. The van der Waals surface area contributed by atoms with Gasteiger partial charge in [0.25, 0.3) is 11.6 Å². The number of nitrogens with zero attached hydrogens (tertiary/aromatic N) is 4. The van der Waals surface area contributed by atoms with Gasteiger partial charge in [0.1, 0.15) is 11.4 Å². The van der Waals surface area contributed by atoms with Crippen LogP contribution in [-0.2, 0) is 0 Å². The predicted octanol–water partition coefficient (Wildman–Crippen LogP) is 3.64. The normalized spacial score (nSPS) is 17.4. The van der Waals surface area contributed by atoms with E-state index in [9.17, 15) is 20.0 Å². The third-order valence-corrected chi connectivity index (χ3v) is 6.16. The summed E-state index contributed by atoms with van der Waals surface area (Å²) in [5.41, 5.74) is 1.71. The van der Waals surface area contributed by atoms with E-state index in [2.05, 4.69) is 4.90 Å². The SMILES string of the molecule is O=C(c1ccc(N2CCCCCC2)c([N+](=O)[O-])c1)N1CCN(c2ccccc2O)CC1. The molecule has 0 bridgehead atoms. The van der Waals surface area contributed by atoms with Crippen LogP contribution in [0.5, 0.6) is 5.75 Å². The zero-order valence-corrected chi connectivity index (χ0v) is 17.6. The Balaban J connectivity index is 1.48. The van der Waals surface area contributed by atoms with Gasteiger partial charge in [0, 0.05) is 50.9 Å². The average Bonchev–Trinajstić information content (AvgIpc) is 3.08. The molecule has 2 aromatic carbocycles. The molecule has 2 aliphatic rings. The molecule has 1 amide bonds. The zero-order valence-electron chi connectivity index (χ0n) is 17.6. The molecular formula is C23H28N4O4. The van der Waals surface area contributed by atoms with Crippen LogP contribution in [0.15, 0.2) is 42.5 Å². The van der Waals surface area contributed by atoms with Crippen molar-refractivity contribution in [2.24, 2.45) is 0 Å². The Bertz CT molecular complexity index is 948. The maximum atomic E-state index is 13.0. The third kappa shape index (κ3) is 4.57. The number of phenolic OH excluding ortho intramolecular Hbond substituents is 1. The molecule has 0 radical (unpaired) electrons. The standard InChI is InChI=1S/C23H28N4O4/c28-22-8-4-3-7-20(22)25-13-15-26(16-14-25)23(29)18-9-10-19(21(17-18)27(30)31)24-11-5-1-2-6-12-24/h3-4,7-10,17,28H,1-2,5-6,11-16H2. The molecule has 0 aromatic heterocycles. The van der Waals surface area contributed by atoms with Crippen molar-refractivity contribution in [2.75, 3.05) is 49.1 Å². The molecule has 31 heavy (non-hydrogen) atoms. The number of benzene rings is 2. The summed E-state index contributed by atoms with van der Waals surface area (Å²) in [5.74, 6) is 0.0319. The Morgan fingerprint density at radius 2 is 1.48 bits per heavy atom. The molecule has 2 aliphatic heterocycles. The fourth-order valence-electron chi connectivity index (χ4n) is 4.45. The molecule has 0 aliphatic carbocycles. The highest BCUT2D eigenvalue weighted by molar-refractivity contribution is 5.96. The summed E-state index contributed by atoms with van der Waals surface area (Å²) in [6.45, 7) is 3.79. The molecule has 8 heteroatoms. The largest absolute Gasteiger partial charge is 0.506 e. The first-order valence-corrected chi connectivity index (χ1v) is 10.9. The summed E-state index contributed by atoms with van der Waals surface area (Å²) in [6, 6.07) is 12.0. The summed E-state index contributed by atoms with van der Waals surface area (Å²) in [7, 11) is 0. The van der Waals surface area contributed by atoms with Crippen molar-refractivity contribution in [3.8, 4) is 5.75 Å². The molecule has 8 nitrogen and oxygen atoms in total. The minimum atomic E-state index is -0.382. The minimum absolute atomic E-state index is 0.000550. The zero-order chi connectivity index (χ0) is 21.8. The van der Waals surface area contributed by atoms with E-state index in [1.165, 1.54) is 6.07 Å². The van der Waals surface area contributed by atoms with Gasteiger partial charge in [-0.2, -0.15) is 0 Å². The quantitative estimate of drug-likeness (QED) is 0.595. The second-order valence-electron chi connectivity index (χ2n) is 8.13. The van der Waals surface area contributed by atoms with Gasteiger partial charge in [-0.15, -0.1) is 0 Å². The van der Waals surface area contributed by atoms with Gasteiger partial charge in [-0.25, -0.2) is 0 Å². The number of amides is 1. The molecule has 2 heterocycles. The number of rotatable bonds is 4. The van der Waals surface area contributed by atoms with Crippen LogP contribution in [0.3, 0.4) is 0 Å². The smallest absolute Gasteiger partial charge is 0.293 e. The van der Waals surface area contributed by atoms with E-state index in [1.807, 2.05) is 17.0 Å². The summed E-state index contributed by atoms with van der Waals surface area (Å²) in [6.07, 6.45) is 4.35. The molecule has 2 saturated heterocycles. The molecule has 4 rings (SSSR count). The second kappa shape index (κ2) is 9.24. The Hall–Kier alpha value is -3.29. The number of carbonyl (C=O) groups excluding carboxylic acids is 1. The van der Waals surface area contributed by atoms with Crippen LogP contribution < -0.4 is 9.80 Å². The van der Waals surface area contributed by atoms with Gasteiger partial charge in [-0.1, -0.05) is 25.0 Å².